The van der Waals surface area contributed by atoms with Crippen LogP contribution in [0, 0.1) is 5.82 Å². The number of ketones is 1. The molecule has 0 bridgehead atoms. The van der Waals surface area contributed by atoms with Gasteiger partial charge in [-0.05, 0) is 47.8 Å². The summed E-state index contributed by atoms with van der Waals surface area (Å²) in [6.45, 7) is 5.92. The Hall–Kier alpha value is -2.94. The molecule has 0 amide bonds. The van der Waals surface area contributed by atoms with E-state index in [0.29, 0.717) is 11.3 Å². The highest BCUT2D eigenvalue weighted by Gasteiger charge is 2.24. The number of hydrogen-bond acceptors (Lipinski definition) is 7. The minimum Gasteiger partial charge on any atom is -0.467 e. The monoisotopic (exact) mass is 487 g/mol. The van der Waals surface area contributed by atoms with Crippen molar-refractivity contribution in [2.24, 2.45) is 0 Å². The number of nitrogens with zero attached hydrogens (tertiary/aromatic N) is 1. The average Bonchev–Trinajstić information content (AvgIpc) is 2.85. The first kappa shape index (κ1) is 28.3. The van der Waals surface area contributed by atoms with Crippen molar-refractivity contribution in [2.45, 2.75) is 58.2 Å². The number of allylic oxidation sites excluding steroid dienone is 1. The third kappa shape index (κ3) is 7.27. The molecule has 1 aromatic carbocycles. The van der Waals surface area contributed by atoms with Gasteiger partial charge in [-0.25, -0.2) is 9.18 Å². The summed E-state index contributed by atoms with van der Waals surface area (Å²) in [7, 11) is 2.73. The Morgan fingerprint density at radius 1 is 1.11 bits per heavy atom. The molecule has 0 radical (unpaired) electrons. The van der Waals surface area contributed by atoms with Crippen LogP contribution in [-0.4, -0.2) is 53.9 Å². The predicted octanol–water partition coefficient (Wildman–Crippen LogP) is 4.15. The maximum absolute atomic E-state index is 13.7. The van der Waals surface area contributed by atoms with Gasteiger partial charge in [0, 0.05) is 30.6 Å². The number of aromatic nitrogens is 1. The van der Waals surface area contributed by atoms with E-state index < -0.39 is 12.1 Å². The number of aliphatic hydroxyl groups excluding tert-OH is 2. The molecule has 8 heteroatoms. The van der Waals surface area contributed by atoms with Crippen LogP contribution < -0.4 is 0 Å². The van der Waals surface area contributed by atoms with Crippen molar-refractivity contribution in [1.29, 1.82) is 0 Å². The van der Waals surface area contributed by atoms with Crippen molar-refractivity contribution in [2.75, 3.05) is 20.8 Å². The predicted molar refractivity (Wildman–Crippen MR) is 131 cm³/mol. The van der Waals surface area contributed by atoms with Gasteiger partial charge in [0.2, 0.25) is 0 Å². The maximum Gasteiger partial charge on any atom is 0.334 e. The number of esters is 1. The van der Waals surface area contributed by atoms with Gasteiger partial charge >= 0.3 is 5.97 Å². The number of ether oxygens (including phenoxy) is 2. The molecule has 0 saturated heterocycles. The van der Waals surface area contributed by atoms with Gasteiger partial charge in [-0.3, -0.25) is 9.78 Å². The Labute approximate surface area is 205 Å². The lowest BCUT2D eigenvalue weighted by molar-refractivity contribution is -0.150. The van der Waals surface area contributed by atoms with E-state index in [9.17, 15) is 24.2 Å². The Kier molecular flexibility index (Phi) is 10.7. The van der Waals surface area contributed by atoms with E-state index in [2.05, 4.69) is 4.74 Å². The second-order valence-electron chi connectivity index (χ2n) is 8.71. The molecule has 190 valence electrons. The summed E-state index contributed by atoms with van der Waals surface area (Å²) in [5, 5.41) is 19.6. The number of carbonyl (C=O) groups excluding carboxylic acids is 2. The minimum absolute atomic E-state index is 0.0219. The standard InChI is InChI=1S/C27H34FNO6/c1-16(2)25-21(12-10-20(31)11-13-23(32)27(33)35-5)24(18-6-8-19(28)9-7-18)22(15-34-4)26(29-25)17(3)14-30/h6-10,12,16-17,23,30,32H,11,13-15H2,1-5H3/b12-10+/t17-,23?/m1/s1. The number of pyridine rings is 1. The lowest BCUT2D eigenvalue weighted by Crippen LogP contribution is -2.22. The Morgan fingerprint density at radius 3 is 2.31 bits per heavy atom. The van der Waals surface area contributed by atoms with E-state index in [1.165, 1.54) is 25.3 Å². The van der Waals surface area contributed by atoms with Crippen LogP contribution in [0.1, 0.15) is 68.0 Å². The molecule has 1 aromatic heterocycles. The second kappa shape index (κ2) is 13.2. The fourth-order valence-corrected chi connectivity index (χ4v) is 3.81. The van der Waals surface area contributed by atoms with Crippen LogP contribution in [0.5, 0.6) is 0 Å². The van der Waals surface area contributed by atoms with Gasteiger partial charge in [-0.2, -0.15) is 0 Å². The molecule has 2 N–H and O–H groups in total. The lowest BCUT2D eigenvalue weighted by atomic mass is 9.86. The molecule has 35 heavy (non-hydrogen) atoms. The maximum atomic E-state index is 13.7. The van der Waals surface area contributed by atoms with Crippen molar-refractivity contribution in [3.8, 4) is 11.1 Å². The van der Waals surface area contributed by atoms with E-state index in [1.54, 1.807) is 25.3 Å². The number of hydrogen-bond donors (Lipinski definition) is 2. The highest BCUT2D eigenvalue weighted by molar-refractivity contribution is 5.95. The Bertz CT molecular complexity index is 1050. The molecular formula is C27H34FNO6. The SMILES string of the molecule is COCc1c([C@H](C)CO)nc(C(C)C)c(/C=C/C(=O)CCC(O)C(=O)OC)c1-c1ccc(F)cc1. The summed E-state index contributed by atoms with van der Waals surface area (Å²) in [6.07, 6.45) is 1.59. The highest BCUT2D eigenvalue weighted by Crippen LogP contribution is 2.37. The van der Waals surface area contributed by atoms with Crippen molar-refractivity contribution in [3.05, 3.63) is 58.7 Å². The Balaban J connectivity index is 2.66. The summed E-state index contributed by atoms with van der Waals surface area (Å²) < 4.78 is 23.7. The quantitative estimate of drug-likeness (QED) is 0.342. The number of aliphatic hydroxyl groups is 2. The van der Waals surface area contributed by atoms with Crippen LogP contribution in [0.3, 0.4) is 0 Å². The first-order valence-corrected chi connectivity index (χ1v) is 11.5. The number of halogens is 1. The molecule has 0 fully saturated rings. The molecule has 1 heterocycles. The third-order valence-corrected chi connectivity index (χ3v) is 5.68. The smallest absolute Gasteiger partial charge is 0.334 e. The van der Waals surface area contributed by atoms with Crippen molar-refractivity contribution in [3.63, 3.8) is 0 Å². The second-order valence-corrected chi connectivity index (χ2v) is 8.71. The number of methoxy groups -OCH3 is 2. The Morgan fingerprint density at radius 2 is 1.77 bits per heavy atom. The highest BCUT2D eigenvalue weighted by atomic mass is 19.1. The van der Waals surface area contributed by atoms with Crippen LogP contribution in [0.4, 0.5) is 4.39 Å². The van der Waals surface area contributed by atoms with Gasteiger partial charge in [0.15, 0.2) is 11.9 Å². The zero-order chi connectivity index (χ0) is 26.1. The fourth-order valence-electron chi connectivity index (χ4n) is 3.81. The summed E-state index contributed by atoms with van der Waals surface area (Å²) in [4.78, 5) is 28.8. The third-order valence-electron chi connectivity index (χ3n) is 5.68. The van der Waals surface area contributed by atoms with Crippen LogP contribution >= 0.6 is 0 Å². The van der Waals surface area contributed by atoms with E-state index in [4.69, 9.17) is 9.72 Å². The van der Waals surface area contributed by atoms with E-state index in [1.807, 2.05) is 20.8 Å². The number of carbonyl (C=O) groups is 2. The van der Waals surface area contributed by atoms with Crippen molar-refractivity contribution < 1.29 is 33.7 Å². The summed E-state index contributed by atoms with van der Waals surface area (Å²) in [5.41, 5.74) is 4.31. The van der Waals surface area contributed by atoms with Crippen LogP contribution in [0.2, 0.25) is 0 Å². The van der Waals surface area contributed by atoms with E-state index in [0.717, 1.165) is 22.4 Å². The molecule has 0 aliphatic carbocycles. The molecule has 2 aromatic rings. The van der Waals surface area contributed by atoms with Crippen molar-refractivity contribution >= 4 is 17.8 Å². The average molecular weight is 488 g/mol. The van der Waals surface area contributed by atoms with Gasteiger partial charge in [0.1, 0.15) is 5.82 Å². The molecule has 0 spiro atoms. The zero-order valence-electron chi connectivity index (χ0n) is 20.9. The molecule has 2 atom stereocenters. The van der Waals surface area contributed by atoms with Crippen LogP contribution in [0.15, 0.2) is 30.3 Å². The molecule has 0 aliphatic heterocycles. The van der Waals surface area contributed by atoms with Gasteiger partial charge in [-0.15, -0.1) is 0 Å². The van der Waals surface area contributed by atoms with Crippen LogP contribution in [0.25, 0.3) is 17.2 Å². The van der Waals surface area contributed by atoms with Crippen molar-refractivity contribution in [1.82, 2.24) is 4.98 Å². The van der Waals surface area contributed by atoms with Gasteiger partial charge in [-0.1, -0.05) is 32.9 Å². The first-order chi connectivity index (χ1) is 16.6. The lowest BCUT2D eigenvalue weighted by Gasteiger charge is -2.24. The fraction of sp³-hybridized carbons (Fsp3) is 0.444. The van der Waals surface area contributed by atoms with Gasteiger partial charge < -0.3 is 19.7 Å². The molecule has 1 unspecified atom stereocenters. The van der Waals surface area contributed by atoms with Crippen LogP contribution in [-0.2, 0) is 25.7 Å². The summed E-state index contributed by atoms with van der Waals surface area (Å²) in [5.74, 6) is -1.73. The molecule has 0 saturated carbocycles. The van der Waals surface area contributed by atoms with Gasteiger partial charge in [0.25, 0.3) is 0 Å². The molecule has 2 rings (SSSR count). The molecule has 0 aliphatic rings. The minimum atomic E-state index is -1.37. The normalized spacial score (nSPS) is 13.3. The first-order valence-electron chi connectivity index (χ1n) is 11.5. The van der Waals surface area contributed by atoms with E-state index in [-0.39, 0.29) is 49.5 Å². The zero-order valence-corrected chi connectivity index (χ0v) is 20.9. The molecule has 7 nitrogen and oxygen atoms in total. The van der Waals surface area contributed by atoms with E-state index >= 15 is 0 Å². The number of benzene rings is 1. The summed E-state index contributed by atoms with van der Waals surface area (Å²) >= 11 is 0. The largest absolute Gasteiger partial charge is 0.467 e. The van der Waals surface area contributed by atoms with Gasteiger partial charge in [0.05, 0.1) is 31.7 Å². The summed E-state index contributed by atoms with van der Waals surface area (Å²) in [6, 6.07) is 6.05. The molecular weight excluding hydrogens is 453 g/mol. The number of rotatable bonds is 12. The topological polar surface area (TPSA) is 106 Å².